The van der Waals surface area contributed by atoms with Crippen LogP contribution < -0.4 is 0 Å². The van der Waals surface area contributed by atoms with E-state index in [0.29, 0.717) is 0 Å². The minimum atomic E-state index is -0.0748. The molecule has 0 aliphatic heterocycles. The molecule has 162 valence electrons. The van der Waals surface area contributed by atoms with Gasteiger partial charge in [-0.05, 0) is 29.9 Å². The maximum atomic E-state index is 4.90. The Morgan fingerprint density at radius 2 is 1.12 bits per heavy atom. The van der Waals surface area contributed by atoms with Crippen molar-refractivity contribution in [1.82, 2.24) is 19.9 Å². The summed E-state index contributed by atoms with van der Waals surface area (Å²) >= 11 is 0. The number of hydrogen-bond donors (Lipinski definition) is 0. The van der Waals surface area contributed by atoms with Gasteiger partial charge in [0.05, 0.1) is 5.69 Å². The summed E-state index contributed by atoms with van der Waals surface area (Å²) in [6.45, 7) is 9.04. The zero-order valence-electron chi connectivity index (χ0n) is 19.3. The molecule has 2 aromatic carbocycles. The third kappa shape index (κ3) is 4.91. The highest BCUT2D eigenvalue weighted by Gasteiger charge is 2.29. The molecule has 2 heterocycles. The van der Waals surface area contributed by atoms with E-state index in [0.717, 1.165) is 46.9 Å². The molecule has 0 aliphatic carbocycles. The lowest BCUT2D eigenvalue weighted by molar-refractivity contribution is 0.368. The van der Waals surface area contributed by atoms with Crippen molar-refractivity contribution in [3.05, 3.63) is 96.6 Å². The third-order valence-electron chi connectivity index (χ3n) is 6.22. The molecule has 0 bridgehead atoms. The van der Waals surface area contributed by atoms with Crippen LogP contribution in [0.3, 0.4) is 0 Å². The molecule has 0 saturated carbocycles. The largest absolute Gasteiger partial charge is 0.237 e. The highest BCUT2D eigenvalue weighted by molar-refractivity contribution is 5.55. The van der Waals surface area contributed by atoms with E-state index in [-0.39, 0.29) is 10.8 Å². The summed E-state index contributed by atoms with van der Waals surface area (Å²) < 4.78 is 0. The van der Waals surface area contributed by atoms with Crippen molar-refractivity contribution in [2.75, 3.05) is 0 Å². The number of aromatic nitrogens is 4. The molecule has 0 atom stereocenters. The van der Waals surface area contributed by atoms with Crippen LogP contribution in [0.2, 0.25) is 0 Å². The van der Waals surface area contributed by atoms with Crippen molar-refractivity contribution in [3.63, 3.8) is 0 Å². The monoisotopic (exact) mass is 422 g/mol. The molecule has 0 N–H and O–H groups in total. The van der Waals surface area contributed by atoms with Crippen LogP contribution >= 0.6 is 0 Å². The van der Waals surface area contributed by atoms with Gasteiger partial charge in [-0.3, -0.25) is 0 Å². The molecule has 0 unspecified atom stereocenters. The van der Waals surface area contributed by atoms with Crippen molar-refractivity contribution < 1.29 is 0 Å². The minimum Gasteiger partial charge on any atom is -0.237 e. The average Bonchev–Trinajstić information content (AvgIpc) is 2.84. The molecule has 0 amide bonds. The predicted molar refractivity (Wildman–Crippen MR) is 130 cm³/mol. The Hall–Kier alpha value is -3.40. The molecular weight excluding hydrogens is 392 g/mol. The van der Waals surface area contributed by atoms with E-state index in [1.807, 2.05) is 85.3 Å². The summed E-state index contributed by atoms with van der Waals surface area (Å²) in [5.74, 6) is 1.54. The van der Waals surface area contributed by atoms with E-state index in [9.17, 15) is 0 Å². The summed E-state index contributed by atoms with van der Waals surface area (Å²) in [6.07, 6.45) is 7.80. The summed E-state index contributed by atoms with van der Waals surface area (Å²) in [4.78, 5) is 18.6. The van der Waals surface area contributed by atoms with Gasteiger partial charge in [0.25, 0.3) is 0 Å². The predicted octanol–water partition coefficient (Wildman–Crippen LogP) is 6.64. The van der Waals surface area contributed by atoms with E-state index in [1.54, 1.807) is 0 Å². The van der Waals surface area contributed by atoms with Gasteiger partial charge in [-0.1, -0.05) is 88.4 Å². The van der Waals surface area contributed by atoms with Gasteiger partial charge < -0.3 is 0 Å². The van der Waals surface area contributed by atoms with Crippen LogP contribution in [0.1, 0.15) is 51.8 Å². The first kappa shape index (κ1) is 21.8. The van der Waals surface area contributed by atoms with Gasteiger partial charge in [0.2, 0.25) is 0 Å². The number of rotatable bonds is 7. The molecule has 0 fully saturated rings. The summed E-state index contributed by atoms with van der Waals surface area (Å²) in [5.41, 5.74) is 4.19. The van der Waals surface area contributed by atoms with Crippen LogP contribution in [0.5, 0.6) is 0 Å². The van der Waals surface area contributed by atoms with Crippen LogP contribution in [0.4, 0.5) is 0 Å². The molecule has 0 saturated heterocycles. The average molecular weight is 423 g/mol. The van der Waals surface area contributed by atoms with E-state index >= 15 is 0 Å². The van der Waals surface area contributed by atoms with Crippen molar-refractivity contribution in [3.8, 4) is 22.8 Å². The normalized spacial score (nSPS) is 12.0. The van der Waals surface area contributed by atoms with Crippen molar-refractivity contribution in [1.29, 1.82) is 0 Å². The zero-order chi connectivity index (χ0) is 22.6. The summed E-state index contributed by atoms with van der Waals surface area (Å²) in [5, 5.41) is 0. The Balaban J connectivity index is 1.48. The maximum absolute atomic E-state index is 4.90. The standard InChI is InChI=1S/C28H30N4/c1-27(2,23-19-30-25(31-20-23)21-11-7-5-8-12-21)16-17-28(3,4)24-15-18-29-26(32-24)22-13-9-6-10-14-22/h5-15,18-20H,16-17H2,1-4H3. The number of hydrogen-bond acceptors (Lipinski definition) is 4. The van der Waals surface area contributed by atoms with E-state index in [1.165, 1.54) is 0 Å². The number of nitrogens with zero attached hydrogens (tertiary/aromatic N) is 4. The van der Waals surface area contributed by atoms with Gasteiger partial charge in [-0.25, -0.2) is 19.9 Å². The molecule has 4 rings (SSSR count). The van der Waals surface area contributed by atoms with Gasteiger partial charge in [0, 0.05) is 35.1 Å². The SMILES string of the molecule is CC(C)(CCC(C)(C)c1ccnc(-c2ccccc2)n1)c1cnc(-c2ccccc2)nc1. The smallest absolute Gasteiger partial charge is 0.159 e. The van der Waals surface area contributed by atoms with Crippen LogP contribution in [0.25, 0.3) is 22.8 Å². The van der Waals surface area contributed by atoms with Crippen LogP contribution in [0, 0.1) is 0 Å². The Bertz CT molecular complexity index is 1150. The van der Waals surface area contributed by atoms with E-state index in [4.69, 9.17) is 4.98 Å². The molecule has 0 aliphatic rings. The van der Waals surface area contributed by atoms with Crippen LogP contribution in [-0.2, 0) is 10.8 Å². The quantitative estimate of drug-likeness (QED) is 0.335. The Kier molecular flexibility index (Phi) is 6.13. The number of benzene rings is 2. The highest BCUT2D eigenvalue weighted by atomic mass is 14.9. The molecule has 0 radical (unpaired) electrons. The van der Waals surface area contributed by atoms with Crippen molar-refractivity contribution in [2.24, 2.45) is 0 Å². The van der Waals surface area contributed by atoms with E-state index in [2.05, 4.69) is 42.6 Å². The zero-order valence-corrected chi connectivity index (χ0v) is 19.3. The Morgan fingerprint density at radius 1 is 0.594 bits per heavy atom. The second kappa shape index (κ2) is 8.99. The van der Waals surface area contributed by atoms with Crippen molar-refractivity contribution >= 4 is 0 Å². The first-order valence-corrected chi connectivity index (χ1v) is 11.1. The Morgan fingerprint density at radius 3 is 1.72 bits per heavy atom. The fraction of sp³-hybridized carbons (Fsp3) is 0.286. The lowest BCUT2D eigenvalue weighted by Gasteiger charge is -2.31. The first-order chi connectivity index (χ1) is 15.4. The first-order valence-electron chi connectivity index (χ1n) is 11.1. The summed E-state index contributed by atoms with van der Waals surface area (Å²) in [6, 6.07) is 22.3. The second-order valence-corrected chi connectivity index (χ2v) is 9.56. The van der Waals surface area contributed by atoms with Gasteiger partial charge >= 0.3 is 0 Å². The second-order valence-electron chi connectivity index (χ2n) is 9.56. The van der Waals surface area contributed by atoms with Gasteiger partial charge in [0.15, 0.2) is 11.6 Å². The molecule has 4 heteroatoms. The highest BCUT2D eigenvalue weighted by Crippen LogP contribution is 2.35. The Labute approximate surface area is 190 Å². The summed E-state index contributed by atoms with van der Waals surface area (Å²) in [7, 11) is 0. The lowest BCUT2D eigenvalue weighted by atomic mass is 9.75. The third-order valence-corrected chi connectivity index (χ3v) is 6.22. The molecule has 32 heavy (non-hydrogen) atoms. The molecule has 0 spiro atoms. The van der Waals surface area contributed by atoms with Crippen LogP contribution in [0.15, 0.2) is 85.3 Å². The molecule has 2 aromatic heterocycles. The van der Waals surface area contributed by atoms with Gasteiger partial charge in [0.1, 0.15) is 0 Å². The topological polar surface area (TPSA) is 51.6 Å². The maximum Gasteiger partial charge on any atom is 0.159 e. The fourth-order valence-electron chi connectivity index (χ4n) is 3.77. The minimum absolute atomic E-state index is 0.0399. The van der Waals surface area contributed by atoms with Crippen LogP contribution in [-0.4, -0.2) is 19.9 Å². The fourth-order valence-corrected chi connectivity index (χ4v) is 3.77. The molecule has 4 aromatic rings. The van der Waals surface area contributed by atoms with Gasteiger partial charge in [-0.15, -0.1) is 0 Å². The molecule has 4 nitrogen and oxygen atoms in total. The van der Waals surface area contributed by atoms with Gasteiger partial charge in [-0.2, -0.15) is 0 Å². The van der Waals surface area contributed by atoms with Crippen molar-refractivity contribution in [2.45, 2.75) is 51.4 Å². The lowest BCUT2D eigenvalue weighted by Crippen LogP contribution is -2.25. The van der Waals surface area contributed by atoms with E-state index < -0.39 is 0 Å². The molecular formula is C28H30N4.